The monoisotopic (exact) mass is 363 g/mol. The van der Waals surface area contributed by atoms with Gasteiger partial charge in [-0.1, -0.05) is 23.7 Å². The van der Waals surface area contributed by atoms with Gasteiger partial charge in [-0.15, -0.1) is 0 Å². The van der Waals surface area contributed by atoms with Crippen molar-refractivity contribution in [1.82, 2.24) is 4.90 Å². The Morgan fingerprint density at radius 3 is 2.29 bits per heavy atom. The number of amides is 1. The fourth-order valence-electron chi connectivity index (χ4n) is 2.88. The minimum atomic E-state index is -4.49. The first-order valence-corrected chi connectivity index (χ1v) is 8.20. The molecular weight excluding hydrogens is 343 g/mol. The minimum absolute atomic E-state index is 0.207. The van der Waals surface area contributed by atoms with Crippen LogP contribution in [0.2, 0.25) is 5.02 Å². The second-order valence-electron chi connectivity index (χ2n) is 6.94. The maximum atomic E-state index is 13.3. The molecule has 0 aromatic heterocycles. The topological polar surface area (TPSA) is 29.5 Å². The lowest BCUT2D eigenvalue weighted by atomic mass is 9.86. The fourth-order valence-corrected chi connectivity index (χ4v) is 3.17. The molecule has 0 radical (unpaired) electrons. The molecule has 1 fully saturated rings. The number of hydrogen-bond acceptors (Lipinski definition) is 2. The summed E-state index contributed by atoms with van der Waals surface area (Å²) in [6, 6.07) is 4.26. The summed E-state index contributed by atoms with van der Waals surface area (Å²) in [7, 11) is 0. The number of likely N-dealkylation sites (tertiary alicyclic amines) is 1. The van der Waals surface area contributed by atoms with Crippen molar-refractivity contribution in [2.75, 3.05) is 13.1 Å². The van der Waals surface area contributed by atoms with Crippen molar-refractivity contribution >= 4 is 17.7 Å². The van der Waals surface area contributed by atoms with E-state index in [1.165, 1.54) is 18.2 Å². The maximum Gasteiger partial charge on any atom is 0.418 e. The Labute approximate surface area is 144 Å². The normalized spacial score (nSPS) is 17.0. The van der Waals surface area contributed by atoms with E-state index in [1.807, 2.05) is 0 Å². The molecule has 0 spiro atoms. The summed E-state index contributed by atoms with van der Waals surface area (Å²) in [5.74, 6) is -0.279. The third-order valence-electron chi connectivity index (χ3n) is 3.92. The number of benzene rings is 1. The maximum absolute atomic E-state index is 13.3. The predicted molar refractivity (Wildman–Crippen MR) is 86.2 cm³/mol. The molecule has 0 unspecified atom stereocenters. The lowest BCUT2D eigenvalue weighted by Gasteiger charge is -2.34. The first-order valence-electron chi connectivity index (χ1n) is 7.82. The van der Waals surface area contributed by atoms with E-state index < -0.39 is 23.4 Å². The molecule has 1 aromatic carbocycles. The van der Waals surface area contributed by atoms with Gasteiger partial charge in [0.15, 0.2) is 0 Å². The summed E-state index contributed by atoms with van der Waals surface area (Å²) >= 11 is 5.78. The number of piperidine rings is 1. The predicted octanol–water partition coefficient (Wildman–Crippen LogP) is 5.47. The quantitative estimate of drug-likeness (QED) is 0.661. The van der Waals surface area contributed by atoms with Gasteiger partial charge in [0.2, 0.25) is 0 Å². The zero-order valence-electron chi connectivity index (χ0n) is 13.9. The van der Waals surface area contributed by atoms with E-state index >= 15 is 0 Å². The number of carbonyl (C=O) groups excluding carboxylic acids is 1. The van der Waals surface area contributed by atoms with E-state index in [-0.39, 0.29) is 16.5 Å². The molecule has 0 saturated carbocycles. The molecule has 1 aliphatic rings. The van der Waals surface area contributed by atoms with Gasteiger partial charge in [0, 0.05) is 13.1 Å². The van der Waals surface area contributed by atoms with E-state index in [9.17, 15) is 18.0 Å². The van der Waals surface area contributed by atoms with Gasteiger partial charge < -0.3 is 9.64 Å². The average molecular weight is 364 g/mol. The van der Waals surface area contributed by atoms with E-state index in [0.717, 1.165) is 0 Å². The molecule has 1 aromatic rings. The first kappa shape index (κ1) is 18.9. The van der Waals surface area contributed by atoms with Crippen LogP contribution in [-0.2, 0) is 10.9 Å². The van der Waals surface area contributed by atoms with Crippen LogP contribution in [0, 0.1) is 0 Å². The lowest BCUT2D eigenvalue weighted by Crippen LogP contribution is -2.41. The molecule has 0 N–H and O–H groups in total. The lowest BCUT2D eigenvalue weighted by molar-refractivity contribution is -0.138. The highest BCUT2D eigenvalue weighted by Crippen LogP contribution is 2.42. The van der Waals surface area contributed by atoms with E-state index in [0.29, 0.717) is 25.9 Å². The van der Waals surface area contributed by atoms with Crippen LogP contribution in [0.3, 0.4) is 0 Å². The molecular formula is C17H21ClF3NO2. The van der Waals surface area contributed by atoms with Crippen LogP contribution in [-0.4, -0.2) is 29.7 Å². The number of nitrogens with zero attached hydrogens (tertiary/aromatic N) is 1. The Kier molecular flexibility index (Phi) is 5.37. The number of hydrogen-bond donors (Lipinski definition) is 0. The molecule has 0 aliphatic carbocycles. The van der Waals surface area contributed by atoms with Crippen molar-refractivity contribution in [3.05, 3.63) is 34.3 Å². The highest BCUT2D eigenvalue weighted by atomic mass is 35.5. The van der Waals surface area contributed by atoms with Gasteiger partial charge in [0.25, 0.3) is 0 Å². The summed E-state index contributed by atoms with van der Waals surface area (Å²) in [5, 5.41) is -0.283. The molecule has 24 heavy (non-hydrogen) atoms. The van der Waals surface area contributed by atoms with Crippen molar-refractivity contribution in [3.8, 4) is 0 Å². The van der Waals surface area contributed by atoms with Gasteiger partial charge in [0.1, 0.15) is 5.60 Å². The second-order valence-corrected chi connectivity index (χ2v) is 7.35. The summed E-state index contributed by atoms with van der Waals surface area (Å²) in [6.45, 7) is 6.06. The van der Waals surface area contributed by atoms with E-state index in [1.54, 1.807) is 25.7 Å². The molecule has 7 heteroatoms. The van der Waals surface area contributed by atoms with Gasteiger partial charge in [0.05, 0.1) is 10.6 Å². The molecule has 1 heterocycles. The van der Waals surface area contributed by atoms with E-state index in [2.05, 4.69) is 0 Å². The summed E-state index contributed by atoms with van der Waals surface area (Å²) in [6.07, 6.45) is -4.02. The summed E-state index contributed by atoms with van der Waals surface area (Å²) < 4.78 is 45.2. The van der Waals surface area contributed by atoms with Crippen molar-refractivity contribution in [2.45, 2.75) is 51.3 Å². The van der Waals surface area contributed by atoms with Crippen LogP contribution in [0.1, 0.15) is 50.7 Å². The van der Waals surface area contributed by atoms with Crippen LogP contribution < -0.4 is 0 Å². The van der Waals surface area contributed by atoms with Gasteiger partial charge in [-0.25, -0.2) is 4.79 Å². The van der Waals surface area contributed by atoms with Crippen LogP contribution in [0.5, 0.6) is 0 Å². The van der Waals surface area contributed by atoms with E-state index in [4.69, 9.17) is 16.3 Å². The standard InChI is InChI=1S/C17H21ClF3NO2/c1-16(2,3)24-15(23)22-9-7-11(8-10-22)12-5-4-6-13(18)14(12)17(19,20)21/h4-6,11H,7-10H2,1-3H3. The van der Waals surface area contributed by atoms with Crippen molar-refractivity contribution in [2.24, 2.45) is 0 Å². The zero-order valence-corrected chi connectivity index (χ0v) is 14.7. The van der Waals surface area contributed by atoms with Crippen LogP contribution in [0.25, 0.3) is 0 Å². The van der Waals surface area contributed by atoms with Crippen LogP contribution in [0.4, 0.5) is 18.0 Å². The third-order valence-corrected chi connectivity index (χ3v) is 4.23. The zero-order chi connectivity index (χ0) is 18.1. The molecule has 0 atom stereocenters. The molecule has 1 aliphatic heterocycles. The second kappa shape index (κ2) is 6.82. The van der Waals surface area contributed by atoms with Crippen molar-refractivity contribution in [1.29, 1.82) is 0 Å². The Morgan fingerprint density at radius 2 is 1.79 bits per heavy atom. The number of ether oxygens (including phenoxy) is 1. The molecule has 134 valence electrons. The Morgan fingerprint density at radius 1 is 1.21 bits per heavy atom. The number of halogens is 4. The average Bonchev–Trinajstić information content (AvgIpc) is 2.44. The molecule has 1 saturated heterocycles. The highest BCUT2D eigenvalue weighted by molar-refractivity contribution is 6.31. The summed E-state index contributed by atoms with van der Waals surface area (Å²) in [4.78, 5) is 13.6. The van der Waals surface area contributed by atoms with Gasteiger partial charge in [-0.2, -0.15) is 13.2 Å². The molecule has 0 bridgehead atoms. The number of rotatable bonds is 1. The molecule has 2 rings (SSSR count). The van der Waals surface area contributed by atoms with Crippen LogP contribution >= 0.6 is 11.6 Å². The largest absolute Gasteiger partial charge is 0.444 e. The number of carbonyl (C=O) groups is 1. The Hall–Kier alpha value is -1.43. The van der Waals surface area contributed by atoms with Gasteiger partial charge >= 0.3 is 12.3 Å². The van der Waals surface area contributed by atoms with Crippen molar-refractivity contribution < 1.29 is 22.7 Å². The summed E-state index contributed by atoms with van der Waals surface area (Å²) in [5.41, 5.74) is -1.15. The Balaban J connectivity index is 2.11. The molecule has 3 nitrogen and oxygen atoms in total. The van der Waals surface area contributed by atoms with Gasteiger partial charge in [-0.3, -0.25) is 0 Å². The SMILES string of the molecule is CC(C)(C)OC(=O)N1CCC(c2cccc(Cl)c2C(F)(F)F)CC1. The molecule has 1 amide bonds. The first-order chi connectivity index (χ1) is 11.0. The number of alkyl halides is 3. The fraction of sp³-hybridized carbons (Fsp3) is 0.588. The highest BCUT2D eigenvalue weighted by Gasteiger charge is 2.38. The van der Waals surface area contributed by atoms with Crippen molar-refractivity contribution in [3.63, 3.8) is 0 Å². The van der Waals surface area contributed by atoms with Crippen LogP contribution in [0.15, 0.2) is 18.2 Å². The van der Waals surface area contributed by atoms with Gasteiger partial charge in [-0.05, 0) is 51.2 Å². The third kappa shape index (κ3) is 4.56. The minimum Gasteiger partial charge on any atom is -0.444 e. The smallest absolute Gasteiger partial charge is 0.418 e. The Bertz CT molecular complexity index is 603.